The van der Waals surface area contributed by atoms with Crippen LogP contribution in [0, 0.1) is 0 Å². The average molecular weight is 214 g/mol. The molecule has 1 aromatic rings. The van der Waals surface area contributed by atoms with Crippen LogP contribution < -0.4 is 16.3 Å². The molecule has 2 heterocycles. The summed E-state index contributed by atoms with van der Waals surface area (Å²) in [7, 11) is 0. The summed E-state index contributed by atoms with van der Waals surface area (Å²) in [4.78, 5) is 5.56. The molecule has 0 bridgehead atoms. The second-order valence-electron chi connectivity index (χ2n) is 3.50. The second-order valence-corrected chi connectivity index (χ2v) is 4.53. The molecule has 0 fully saturated rings. The van der Waals surface area contributed by atoms with Crippen LogP contribution in [-0.2, 0) is 0 Å². The average Bonchev–Trinajstić information content (AvgIpc) is 2.64. The number of thioether (sulfide) groups is 1. The van der Waals surface area contributed by atoms with E-state index in [1.54, 1.807) is 11.8 Å². The number of hydrogen-bond donors (Lipinski definition) is 1. The van der Waals surface area contributed by atoms with Gasteiger partial charge < -0.3 is 5.73 Å². The molecular formula is C12H10N2S. The minimum absolute atomic E-state index is 0.643. The molecule has 0 aromatic heterocycles. The van der Waals surface area contributed by atoms with E-state index in [2.05, 4.69) is 23.2 Å². The molecule has 0 radical (unpaired) electrons. The molecule has 2 N–H and O–H groups in total. The third-order valence-electron chi connectivity index (χ3n) is 2.51. The fourth-order valence-electron chi connectivity index (χ4n) is 1.80. The van der Waals surface area contributed by atoms with E-state index in [0.717, 1.165) is 21.2 Å². The van der Waals surface area contributed by atoms with Crippen molar-refractivity contribution in [2.75, 3.05) is 5.75 Å². The molecule has 0 atom stereocenters. The Morgan fingerprint density at radius 1 is 1.27 bits per heavy atom. The van der Waals surface area contributed by atoms with E-state index in [0.29, 0.717) is 5.82 Å². The standard InChI is InChI=1S/C12H10N2S/c13-12-11-9(5-6-15-11)7-8-3-1-2-4-10(8)14-12/h1-5,7H,6,13H2. The number of nitrogens with two attached hydrogens (primary N) is 1. The third-order valence-corrected chi connectivity index (χ3v) is 3.58. The Morgan fingerprint density at radius 3 is 3.07 bits per heavy atom. The molecule has 2 aliphatic heterocycles. The maximum Gasteiger partial charge on any atom is 0.138 e. The van der Waals surface area contributed by atoms with E-state index < -0.39 is 0 Å². The lowest BCUT2D eigenvalue weighted by atomic mass is 10.2. The lowest BCUT2D eigenvalue weighted by Crippen LogP contribution is -2.24. The second kappa shape index (κ2) is 3.28. The van der Waals surface area contributed by atoms with Crippen LogP contribution >= 0.6 is 11.8 Å². The van der Waals surface area contributed by atoms with Crippen LogP contribution in [0.5, 0.6) is 0 Å². The van der Waals surface area contributed by atoms with Gasteiger partial charge in [0.05, 0.1) is 10.3 Å². The summed E-state index contributed by atoms with van der Waals surface area (Å²) in [5.41, 5.74) is 7.18. The first-order valence-corrected chi connectivity index (χ1v) is 5.82. The van der Waals surface area contributed by atoms with Crippen LogP contribution in [0.25, 0.3) is 6.08 Å². The summed E-state index contributed by atoms with van der Waals surface area (Å²) in [6, 6.07) is 8.07. The van der Waals surface area contributed by atoms with Gasteiger partial charge in [-0.15, -0.1) is 11.8 Å². The van der Waals surface area contributed by atoms with E-state index in [1.165, 1.54) is 5.57 Å². The SMILES string of the molecule is NC1=C2SCC=C2C=c2ccccc2=N1. The molecule has 1 aromatic carbocycles. The van der Waals surface area contributed by atoms with Gasteiger partial charge in [0.15, 0.2) is 0 Å². The van der Waals surface area contributed by atoms with Crippen molar-refractivity contribution in [1.29, 1.82) is 0 Å². The van der Waals surface area contributed by atoms with E-state index in [1.807, 2.05) is 18.2 Å². The minimum Gasteiger partial charge on any atom is -0.383 e. The molecule has 0 aliphatic carbocycles. The van der Waals surface area contributed by atoms with Crippen molar-refractivity contribution in [2.45, 2.75) is 0 Å². The summed E-state index contributed by atoms with van der Waals surface area (Å²) >= 11 is 1.76. The summed E-state index contributed by atoms with van der Waals surface area (Å²) < 4.78 is 0. The van der Waals surface area contributed by atoms with Crippen LogP contribution in [0.4, 0.5) is 0 Å². The molecular weight excluding hydrogens is 204 g/mol. The Bertz CT molecular complexity index is 591. The zero-order chi connectivity index (χ0) is 10.3. The quantitative estimate of drug-likeness (QED) is 0.697. The monoisotopic (exact) mass is 214 g/mol. The van der Waals surface area contributed by atoms with Crippen molar-refractivity contribution in [2.24, 2.45) is 10.7 Å². The fraction of sp³-hybridized carbons (Fsp3) is 0.0833. The Morgan fingerprint density at radius 2 is 2.13 bits per heavy atom. The molecule has 0 spiro atoms. The molecule has 15 heavy (non-hydrogen) atoms. The topological polar surface area (TPSA) is 38.4 Å². The molecule has 3 rings (SSSR count). The molecule has 0 saturated heterocycles. The molecule has 0 saturated carbocycles. The molecule has 0 unspecified atom stereocenters. The van der Waals surface area contributed by atoms with Gasteiger partial charge in [0, 0.05) is 11.0 Å². The van der Waals surface area contributed by atoms with Crippen molar-refractivity contribution in [1.82, 2.24) is 0 Å². The zero-order valence-electron chi connectivity index (χ0n) is 8.10. The fourth-order valence-corrected chi connectivity index (χ4v) is 2.73. The van der Waals surface area contributed by atoms with Crippen molar-refractivity contribution in [3.8, 4) is 0 Å². The zero-order valence-corrected chi connectivity index (χ0v) is 8.92. The summed E-state index contributed by atoms with van der Waals surface area (Å²) in [5.74, 6) is 1.64. The number of rotatable bonds is 0. The van der Waals surface area contributed by atoms with Gasteiger partial charge in [0.2, 0.25) is 0 Å². The van der Waals surface area contributed by atoms with Crippen LogP contribution in [-0.4, -0.2) is 5.75 Å². The molecule has 74 valence electrons. The van der Waals surface area contributed by atoms with Gasteiger partial charge in [0.1, 0.15) is 5.82 Å². The highest BCUT2D eigenvalue weighted by molar-refractivity contribution is 8.03. The largest absolute Gasteiger partial charge is 0.383 e. The number of benzene rings is 1. The smallest absolute Gasteiger partial charge is 0.138 e. The van der Waals surface area contributed by atoms with Crippen LogP contribution in [0.1, 0.15) is 0 Å². The predicted molar refractivity (Wildman–Crippen MR) is 63.4 cm³/mol. The Kier molecular flexibility index (Phi) is 1.92. The molecule has 0 amide bonds. The number of hydrogen-bond acceptors (Lipinski definition) is 3. The van der Waals surface area contributed by atoms with Crippen molar-refractivity contribution >= 4 is 17.8 Å². The van der Waals surface area contributed by atoms with Gasteiger partial charge in [-0.05, 0) is 17.7 Å². The van der Waals surface area contributed by atoms with E-state index in [-0.39, 0.29) is 0 Å². The Hall–Kier alpha value is -1.48. The predicted octanol–water partition coefficient (Wildman–Crippen LogP) is 0.901. The maximum atomic E-state index is 5.97. The summed E-state index contributed by atoms with van der Waals surface area (Å²) in [5, 5.41) is 2.10. The first-order chi connectivity index (χ1) is 7.34. The highest BCUT2D eigenvalue weighted by Crippen LogP contribution is 2.33. The van der Waals surface area contributed by atoms with Gasteiger partial charge in [-0.2, -0.15) is 0 Å². The van der Waals surface area contributed by atoms with Gasteiger partial charge >= 0.3 is 0 Å². The van der Waals surface area contributed by atoms with Crippen molar-refractivity contribution in [3.63, 3.8) is 0 Å². The molecule has 2 nitrogen and oxygen atoms in total. The van der Waals surface area contributed by atoms with Crippen LogP contribution in [0.3, 0.4) is 0 Å². The summed E-state index contributed by atoms with van der Waals surface area (Å²) in [6.07, 6.45) is 4.36. The van der Waals surface area contributed by atoms with E-state index in [9.17, 15) is 0 Å². The minimum atomic E-state index is 0.643. The van der Waals surface area contributed by atoms with E-state index >= 15 is 0 Å². The highest BCUT2D eigenvalue weighted by atomic mass is 32.2. The van der Waals surface area contributed by atoms with Crippen molar-refractivity contribution in [3.05, 3.63) is 57.2 Å². The molecule has 3 heteroatoms. The first kappa shape index (κ1) is 8.80. The normalized spacial score (nSPS) is 18.3. The number of fused-ring (bicyclic) bond motifs is 2. The third kappa shape index (κ3) is 1.39. The first-order valence-electron chi connectivity index (χ1n) is 4.83. The lowest BCUT2D eigenvalue weighted by molar-refractivity contribution is 1.15. The van der Waals surface area contributed by atoms with Crippen molar-refractivity contribution < 1.29 is 0 Å². The van der Waals surface area contributed by atoms with Gasteiger partial charge in [-0.3, -0.25) is 0 Å². The van der Waals surface area contributed by atoms with Crippen LogP contribution in [0.2, 0.25) is 0 Å². The number of allylic oxidation sites excluding steroid dienone is 1. The van der Waals surface area contributed by atoms with Gasteiger partial charge in [-0.25, -0.2) is 4.99 Å². The number of para-hydroxylation sites is 1. The van der Waals surface area contributed by atoms with Gasteiger partial charge in [-0.1, -0.05) is 24.3 Å². The Balaban J connectivity index is 2.39. The highest BCUT2D eigenvalue weighted by Gasteiger charge is 2.15. The number of nitrogens with zero attached hydrogens (tertiary/aromatic N) is 1. The Labute approximate surface area is 91.9 Å². The lowest BCUT2D eigenvalue weighted by Gasteiger charge is -1.99. The van der Waals surface area contributed by atoms with Gasteiger partial charge in [0.25, 0.3) is 0 Å². The van der Waals surface area contributed by atoms with Crippen LogP contribution in [0.15, 0.2) is 51.6 Å². The molecule has 2 aliphatic rings. The summed E-state index contributed by atoms with van der Waals surface area (Å²) in [6.45, 7) is 0. The maximum absolute atomic E-state index is 5.97. The van der Waals surface area contributed by atoms with E-state index in [4.69, 9.17) is 5.73 Å².